The summed E-state index contributed by atoms with van der Waals surface area (Å²) in [5, 5.41) is 1.93. The predicted molar refractivity (Wildman–Crippen MR) is 108 cm³/mol. The molecule has 1 aromatic heterocycles. The summed E-state index contributed by atoms with van der Waals surface area (Å²) in [5.41, 5.74) is 10.0. The highest BCUT2D eigenvalue weighted by Crippen LogP contribution is 2.34. The number of rotatable bonds is 3. The second-order valence-corrected chi connectivity index (χ2v) is 7.69. The lowest BCUT2D eigenvalue weighted by molar-refractivity contribution is 0.0923. The first kappa shape index (κ1) is 17.3. The van der Waals surface area contributed by atoms with Gasteiger partial charge in [0.05, 0.1) is 16.8 Å². The van der Waals surface area contributed by atoms with Crippen molar-refractivity contribution in [1.82, 2.24) is 4.98 Å². The van der Waals surface area contributed by atoms with Gasteiger partial charge in [0.25, 0.3) is 0 Å². The Bertz CT molecular complexity index is 990. The number of nitrogen functional groups attached to an aromatic ring is 1. The summed E-state index contributed by atoms with van der Waals surface area (Å²) in [5.74, 6) is 0.192. The Morgan fingerprint density at radius 3 is 2.38 bits per heavy atom. The minimum absolute atomic E-state index is 0.0754. The lowest BCUT2D eigenvalue weighted by Gasteiger charge is -2.13. The third kappa shape index (κ3) is 3.17. The first-order chi connectivity index (χ1) is 12.5. The van der Waals surface area contributed by atoms with Crippen molar-refractivity contribution in [3.8, 4) is 11.1 Å². The molecule has 1 fully saturated rings. The fraction of sp³-hybridized carbons (Fsp3) is 0.238. The highest BCUT2D eigenvalue weighted by molar-refractivity contribution is 6.35. The highest BCUT2D eigenvalue weighted by atomic mass is 35.5. The number of nitrogens with zero attached hydrogens (tertiary/aromatic N) is 1. The average Bonchev–Trinajstić information content (AvgIpc) is 3.15. The number of hydrogen-bond acceptors (Lipinski definition) is 3. The van der Waals surface area contributed by atoms with Gasteiger partial charge in [-0.3, -0.25) is 9.78 Å². The summed E-state index contributed by atoms with van der Waals surface area (Å²) in [6, 6.07) is 11.2. The monoisotopic (exact) mass is 384 g/mol. The van der Waals surface area contributed by atoms with Crippen molar-refractivity contribution in [3.63, 3.8) is 0 Å². The van der Waals surface area contributed by atoms with E-state index in [0.29, 0.717) is 21.3 Å². The molecule has 2 aromatic carbocycles. The molecule has 1 aliphatic carbocycles. The van der Waals surface area contributed by atoms with Crippen LogP contribution in [0.1, 0.15) is 36.0 Å². The second-order valence-electron chi connectivity index (χ2n) is 6.82. The lowest BCUT2D eigenvalue weighted by atomic mass is 9.94. The Kier molecular flexibility index (Phi) is 4.60. The number of hydrogen-bond donors (Lipinski definition) is 1. The molecule has 2 N–H and O–H groups in total. The van der Waals surface area contributed by atoms with Crippen molar-refractivity contribution in [2.24, 2.45) is 5.92 Å². The molecule has 3 nitrogen and oxygen atoms in total. The molecular weight excluding hydrogens is 367 g/mol. The minimum atomic E-state index is 0.0754. The Hall–Kier alpha value is -2.10. The lowest BCUT2D eigenvalue weighted by Crippen LogP contribution is -2.14. The van der Waals surface area contributed by atoms with E-state index in [1.807, 2.05) is 30.3 Å². The third-order valence-electron chi connectivity index (χ3n) is 5.10. The van der Waals surface area contributed by atoms with Crippen LogP contribution in [0.3, 0.4) is 0 Å². The van der Waals surface area contributed by atoms with Crippen LogP contribution < -0.4 is 5.73 Å². The average molecular weight is 385 g/mol. The van der Waals surface area contributed by atoms with Gasteiger partial charge in [-0.25, -0.2) is 0 Å². The molecule has 1 aliphatic rings. The number of halogens is 2. The van der Waals surface area contributed by atoms with E-state index >= 15 is 0 Å². The van der Waals surface area contributed by atoms with E-state index in [1.54, 1.807) is 12.3 Å². The summed E-state index contributed by atoms with van der Waals surface area (Å²) in [7, 11) is 0. The Labute approximate surface area is 162 Å². The van der Waals surface area contributed by atoms with Crippen LogP contribution in [0.4, 0.5) is 5.69 Å². The van der Waals surface area contributed by atoms with Gasteiger partial charge in [0.15, 0.2) is 5.78 Å². The van der Waals surface area contributed by atoms with Gasteiger partial charge >= 0.3 is 0 Å². The molecule has 1 heterocycles. The van der Waals surface area contributed by atoms with E-state index in [9.17, 15) is 4.79 Å². The molecule has 4 rings (SSSR count). The molecule has 0 bridgehead atoms. The maximum Gasteiger partial charge on any atom is 0.169 e. The van der Waals surface area contributed by atoms with Crippen molar-refractivity contribution in [2.45, 2.75) is 25.7 Å². The van der Waals surface area contributed by atoms with E-state index in [-0.39, 0.29) is 11.7 Å². The van der Waals surface area contributed by atoms with Gasteiger partial charge in [-0.2, -0.15) is 0 Å². The van der Waals surface area contributed by atoms with Crippen LogP contribution in [0, 0.1) is 5.92 Å². The fourth-order valence-electron chi connectivity index (χ4n) is 3.72. The molecule has 0 aliphatic heterocycles. The van der Waals surface area contributed by atoms with Gasteiger partial charge in [0.1, 0.15) is 0 Å². The van der Waals surface area contributed by atoms with Crippen molar-refractivity contribution in [3.05, 3.63) is 58.2 Å². The zero-order chi connectivity index (χ0) is 18.3. The van der Waals surface area contributed by atoms with Crippen molar-refractivity contribution in [1.29, 1.82) is 0 Å². The summed E-state index contributed by atoms with van der Waals surface area (Å²) < 4.78 is 0. The number of Topliss-reactive ketones (excluding diaryl/α,β-unsaturated/α-hetero) is 1. The van der Waals surface area contributed by atoms with Crippen LogP contribution in [0.25, 0.3) is 22.0 Å². The summed E-state index contributed by atoms with van der Waals surface area (Å²) >= 11 is 12.2. The Morgan fingerprint density at radius 1 is 1.00 bits per heavy atom. The molecule has 3 aromatic rings. The number of pyridine rings is 1. The maximum atomic E-state index is 12.8. The van der Waals surface area contributed by atoms with Crippen LogP contribution in [-0.4, -0.2) is 10.8 Å². The van der Waals surface area contributed by atoms with Crippen molar-refractivity contribution >= 4 is 45.6 Å². The Morgan fingerprint density at radius 2 is 1.69 bits per heavy atom. The minimum Gasteiger partial charge on any atom is -0.398 e. The molecule has 0 amide bonds. The number of ketones is 1. The maximum absolute atomic E-state index is 12.8. The second kappa shape index (κ2) is 6.90. The number of carbonyl (C=O) groups excluding carboxylic acids is 1. The molecule has 0 unspecified atom stereocenters. The summed E-state index contributed by atoms with van der Waals surface area (Å²) in [4.78, 5) is 17.3. The van der Waals surface area contributed by atoms with E-state index in [1.165, 1.54) is 0 Å². The van der Waals surface area contributed by atoms with Crippen molar-refractivity contribution < 1.29 is 4.79 Å². The SMILES string of the molecule is Nc1c(C(=O)C2CCCC2)cnc2ccc(-c3cc(Cl)cc(Cl)c3)cc12. The number of anilines is 1. The number of carbonyl (C=O) groups is 1. The zero-order valence-electron chi connectivity index (χ0n) is 14.1. The topological polar surface area (TPSA) is 56.0 Å². The van der Waals surface area contributed by atoms with Gasteiger partial charge in [0.2, 0.25) is 0 Å². The number of fused-ring (bicyclic) bond motifs is 1. The molecule has 5 heteroatoms. The molecular formula is C21H18Cl2N2O. The molecule has 26 heavy (non-hydrogen) atoms. The normalized spacial score (nSPS) is 14.8. The number of aromatic nitrogens is 1. The quantitative estimate of drug-likeness (QED) is 0.549. The van der Waals surface area contributed by atoms with Gasteiger partial charge in [0, 0.05) is 27.5 Å². The van der Waals surface area contributed by atoms with Crippen LogP contribution in [0.5, 0.6) is 0 Å². The van der Waals surface area contributed by atoms with Gasteiger partial charge < -0.3 is 5.73 Å². The molecule has 1 saturated carbocycles. The van der Waals surface area contributed by atoms with E-state index < -0.39 is 0 Å². The summed E-state index contributed by atoms with van der Waals surface area (Å²) in [6.45, 7) is 0. The van der Waals surface area contributed by atoms with E-state index in [4.69, 9.17) is 28.9 Å². The fourth-order valence-corrected chi connectivity index (χ4v) is 4.24. The smallest absolute Gasteiger partial charge is 0.169 e. The first-order valence-electron chi connectivity index (χ1n) is 8.72. The Balaban J connectivity index is 1.81. The zero-order valence-corrected chi connectivity index (χ0v) is 15.6. The number of nitrogens with two attached hydrogens (primary N) is 1. The molecule has 0 spiro atoms. The highest BCUT2D eigenvalue weighted by Gasteiger charge is 2.26. The van der Waals surface area contributed by atoms with Crippen LogP contribution in [0.15, 0.2) is 42.6 Å². The largest absolute Gasteiger partial charge is 0.398 e. The molecule has 0 atom stereocenters. The van der Waals surface area contributed by atoms with Crippen molar-refractivity contribution in [2.75, 3.05) is 5.73 Å². The third-order valence-corrected chi connectivity index (χ3v) is 5.53. The van der Waals surface area contributed by atoms with Crippen LogP contribution >= 0.6 is 23.2 Å². The molecule has 132 valence electrons. The van der Waals surface area contributed by atoms with Gasteiger partial charge in [-0.1, -0.05) is 42.1 Å². The number of benzene rings is 2. The van der Waals surface area contributed by atoms with Gasteiger partial charge in [-0.15, -0.1) is 0 Å². The van der Waals surface area contributed by atoms with E-state index in [2.05, 4.69) is 4.98 Å². The van der Waals surface area contributed by atoms with Gasteiger partial charge in [-0.05, 0) is 54.3 Å². The van der Waals surface area contributed by atoms with E-state index in [0.717, 1.165) is 47.7 Å². The molecule has 0 saturated heterocycles. The molecule has 0 radical (unpaired) electrons. The first-order valence-corrected chi connectivity index (χ1v) is 9.47. The summed E-state index contributed by atoms with van der Waals surface area (Å²) in [6.07, 6.45) is 5.72. The standard InChI is InChI=1S/C21H18Cl2N2O/c22-15-7-14(8-16(23)10-15)13-5-6-19-17(9-13)20(24)18(11-25-19)21(26)12-3-1-2-4-12/h5-12H,1-4H2,(H2,24,25). The van der Waals surface area contributed by atoms with Crippen LogP contribution in [0.2, 0.25) is 10.0 Å². The van der Waals surface area contributed by atoms with Crippen LogP contribution in [-0.2, 0) is 0 Å². The predicted octanol–water partition coefficient (Wildman–Crippen LogP) is 6.16.